The lowest BCUT2D eigenvalue weighted by Crippen LogP contribution is -2.08. The molecule has 0 fully saturated rings. The Morgan fingerprint density at radius 1 is 1.18 bits per heavy atom. The summed E-state index contributed by atoms with van der Waals surface area (Å²) in [5, 5.41) is 0. The first-order valence-electron chi connectivity index (χ1n) is 6.79. The quantitative estimate of drug-likeness (QED) is 0.640. The first-order chi connectivity index (χ1) is 10.7. The van der Waals surface area contributed by atoms with Crippen LogP contribution in [0.25, 0.3) is 22.6 Å². The van der Waals surface area contributed by atoms with Gasteiger partial charge in [-0.25, -0.2) is 14.6 Å². The van der Waals surface area contributed by atoms with Gasteiger partial charge in [-0.05, 0) is 6.92 Å². The number of esters is 1. The number of carbonyl (C=O) groups excluding carboxylic acids is 1. The minimum atomic E-state index is -0.593. The number of hydrogen-bond acceptors (Lipinski definition) is 4. The average Bonchev–Trinajstić information content (AvgIpc) is 3.14. The minimum Gasteiger partial charge on any atom is -0.461 e. The zero-order valence-corrected chi connectivity index (χ0v) is 11.8. The van der Waals surface area contributed by atoms with E-state index in [0.717, 1.165) is 5.56 Å². The highest BCUT2D eigenvalue weighted by Crippen LogP contribution is 2.28. The Kier molecular flexibility index (Phi) is 3.61. The second-order valence-electron chi connectivity index (χ2n) is 4.54. The number of hydrogen-bond donors (Lipinski definition) is 3. The van der Waals surface area contributed by atoms with E-state index in [1.165, 1.54) is 6.33 Å². The van der Waals surface area contributed by atoms with Crippen LogP contribution in [-0.2, 0) is 4.74 Å². The molecule has 0 aliphatic heterocycles. The predicted molar refractivity (Wildman–Crippen MR) is 80.4 cm³/mol. The minimum absolute atomic E-state index is 0.0771. The van der Waals surface area contributed by atoms with Gasteiger partial charge in [0.25, 0.3) is 0 Å². The summed E-state index contributed by atoms with van der Waals surface area (Å²) in [6.07, 6.45) is 1.51. The molecule has 7 heteroatoms. The van der Waals surface area contributed by atoms with Crippen LogP contribution in [-0.4, -0.2) is 32.5 Å². The van der Waals surface area contributed by atoms with Crippen molar-refractivity contribution >= 4 is 5.97 Å². The normalized spacial score (nSPS) is 10.6. The smallest absolute Gasteiger partial charge is 0.357 e. The van der Waals surface area contributed by atoms with Gasteiger partial charge in [0.15, 0.2) is 5.69 Å². The summed E-state index contributed by atoms with van der Waals surface area (Å²) in [6.45, 7) is 1.92. The highest BCUT2D eigenvalue weighted by molar-refractivity contribution is 5.95. The SMILES string of the molecule is CCOC(=O)c1[nH]c(=O)[nH]c1-c1[nH]cnc1-c1ccccc1. The van der Waals surface area contributed by atoms with Gasteiger partial charge in [0.05, 0.1) is 30.0 Å². The van der Waals surface area contributed by atoms with Crippen LogP contribution in [0.4, 0.5) is 0 Å². The van der Waals surface area contributed by atoms with Crippen molar-refractivity contribution in [2.75, 3.05) is 6.61 Å². The molecular formula is C15H14N4O3. The molecule has 0 saturated heterocycles. The van der Waals surface area contributed by atoms with E-state index in [-0.39, 0.29) is 12.3 Å². The molecule has 1 aromatic carbocycles. The van der Waals surface area contributed by atoms with Gasteiger partial charge in [-0.3, -0.25) is 4.98 Å². The van der Waals surface area contributed by atoms with Crippen molar-refractivity contribution in [3.8, 4) is 22.6 Å². The van der Waals surface area contributed by atoms with Crippen molar-refractivity contribution in [2.24, 2.45) is 0 Å². The molecule has 0 amide bonds. The Labute approximate surface area is 125 Å². The zero-order valence-electron chi connectivity index (χ0n) is 11.8. The molecule has 2 heterocycles. The molecule has 0 spiro atoms. The maximum Gasteiger partial charge on any atom is 0.357 e. The molecule has 3 rings (SSSR count). The van der Waals surface area contributed by atoms with Crippen LogP contribution in [0.2, 0.25) is 0 Å². The monoisotopic (exact) mass is 298 g/mol. The first kappa shape index (κ1) is 13.9. The molecular weight excluding hydrogens is 284 g/mol. The van der Waals surface area contributed by atoms with E-state index in [2.05, 4.69) is 19.9 Å². The van der Waals surface area contributed by atoms with Gasteiger partial charge in [-0.1, -0.05) is 30.3 Å². The number of aromatic amines is 3. The Hall–Kier alpha value is -3.09. The van der Waals surface area contributed by atoms with Gasteiger partial charge in [-0.2, -0.15) is 0 Å². The Morgan fingerprint density at radius 3 is 2.68 bits per heavy atom. The summed E-state index contributed by atoms with van der Waals surface area (Å²) in [6, 6.07) is 9.47. The van der Waals surface area contributed by atoms with Crippen molar-refractivity contribution < 1.29 is 9.53 Å². The largest absolute Gasteiger partial charge is 0.461 e. The maximum absolute atomic E-state index is 12.0. The molecule has 0 radical (unpaired) electrons. The summed E-state index contributed by atoms with van der Waals surface area (Å²) >= 11 is 0. The van der Waals surface area contributed by atoms with Crippen LogP contribution in [0.15, 0.2) is 41.5 Å². The number of imidazole rings is 2. The average molecular weight is 298 g/mol. The van der Waals surface area contributed by atoms with Gasteiger partial charge in [-0.15, -0.1) is 0 Å². The van der Waals surface area contributed by atoms with Crippen LogP contribution >= 0.6 is 0 Å². The van der Waals surface area contributed by atoms with Crippen molar-refractivity contribution in [1.82, 2.24) is 19.9 Å². The standard InChI is InChI=1S/C15H14N4O3/c1-2-22-14(20)13-12(18-15(21)19-13)11-10(16-8-17-11)9-6-4-3-5-7-9/h3-8H,2H2,1H3,(H,16,17)(H2,18,19,21). The fourth-order valence-electron chi connectivity index (χ4n) is 2.23. The van der Waals surface area contributed by atoms with E-state index in [0.29, 0.717) is 17.1 Å². The summed E-state index contributed by atoms with van der Waals surface area (Å²) in [5.41, 5.74) is 1.99. The fourth-order valence-corrected chi connectivity index (χ4v) is 2.23. The predicted octanol–water partition coefficient (Wildman–Crippen LogP) is 1.94. The summed E-state index contributed by atoms with van der Waals surface area (Å²) in [4.78, 5) is 35.9. The second-order valence-corrected chi connectivity index (χ2v) is 4.54. The first-order valence-corrected chi connectivity index (χ1v) is 6.79. The summed E-state index contributed by atoms with van der Waals surface area (Å²) in [7, 11) is 0. The van der Waals surface area contributed by atoms with Gasteiger partial charge in [0.2, 0.25) is 0 Å². The molecule has 22 heavy (non-hydrogen) atoms. The molecule has 112 valence electrons. The fraction of sp³-hybridized carbons (Fsp3) is 0.133. The maximum atomic E-state index is 12.0. The lowest BCUT2D eigenvalue weighted by atomic mass is 10.1. The molecule has 0 atom stereocenters. The molecule has 0 bridgehead atoms. The highest BCUT2D eigenvalue weighted by atomic mass is 16.5. The molecule has 7 nitrogen and oxygen atoms in total. The third-order valence-electron chi connectivity index (χ3n) is 3.14. The van der Waals surface area contributed by atoms with E-state index in [9.17, 15) is 9.59 Å². The number of H-pyrrole nitrogens is 3. The van der Waals surface area contributed by atoms with Gasteiger partial charge in [0.1, 0.15) is 0 Å². The lowest BCUT2D eigenvalue weighted by Gasteiger charge is -2.04. The molecule has 0 unspecified atom stereocenters. The van der Waals surface area contributed by atoms with E-state index in [4.69, 9.17) is 4.74 Å². The number of carbonyl (C=O) groups is 1. The van der Waals surface area contributed by atoms with E-state index in [1.54, 1.807) is 6.92 Å². The van der Waals surface area contributed by atoms with Crippen LogP contribution < -0.4 is 5.69 Å². The Balaban J connectivity index is 2.12. The van der Waals surface area contributed by atoms with Crippen LogP contribution in [0, 0.1) is 0 Å². The van der Waals surface area contributed by atoms with Crippen molar-refractivity contribution in [3.63, 3.8) is 0 Å². The van der Waals surface area contributed by atoms with Gasteiger partial charge < -0.3 is 14.7 Å². The van der Waals surface area contributed by atoms with Crippen LogP contribution in [0.1, 0.15) is 17.4 Å². The molecule has 0 aliphatic carbocycles. The van der Waals surface area contributed by atoms with Crippen LogP contribution in [0.5, 0.6) is 0 Å². The highest BCUT2D eigenvalue weighted by Gasteiger charge is 2.22. The van der Waals surface area contributed by atoms with E-state index >= 15 is 0 Å². The topological polar surface area (TPSA) is 104 Å². The Morgan fingerprint density at radius 2 is 1.95 bits per heavy atom. The number of nitrogens with one attached hydrogen (secondary N) is 3. The Bertz CT molecular complexity index is 845. The number of rotatable bonds is 4. The second kappa shape index (κ2) is 5.72. The number of ether oxygens (including phenoxy) is 1. The zero-order chi connectivity index (χ0) is 15.5. The van der Waals surface area contributed by atoms with Crippen molar-refractivity contribution in [3.05, 3.63) is 52.8 Å². The number of nitrogens with zero attached hydrogens (tertiary/aromatic N) is 1. The van der Waals surface area contributed by atoms with Crippen molar-refractivity contribution in [1.29, 1.82) is 0 Å². The molecule has 0 aliphatic rings. The third kappa shape index (κ3) is 2.44. The van der Waals surface area contributed by atoms with Gasteiger partial charge in [0, 0.05) is 5.56 Å². The van der Waals surface area contributed by atoms with Crippen LogP contribution in [0.3, 0.4) is 0 Å². The molecule has 3 N–H and O–H groups in total. The van der Waals surface area contributed by atoms with Gasteiger partial charge >= 0.3 is 11.7 Å². The number of benzene rings is 1. The molecule has 0 saturated carbocycles. The lowest BCUT2D eigenvalue weighted by molar-refractivity contribution is 0.0521. The van der Waals surface area contributed by atoms with E-state index in [1.807, 2.05) is 30.3 Å². The summed E-state index contributed by atoms with van der Waals surface area (Å²) in [5.74, 6) is -0.593. The summed E-state index contributed by atoms with van der Waals surface area (Å²) < 4.78 is 4.96. The number of aromatic nitrogens is 4. The third-order valence-corrected chi connectivity index (χ3v) is 3.14. The van der Waals surface area contributed by atoms with Crippen molar-refractivity contribution in [2.45, 2.75) is 6.92 Å². The molecule has 3 aromatic rings. The molecule has 2 aromatic heterocycles. The van der Waals surface area contributed by atoms with E-state index < -0.39 is 11.7 Å².